The molecule has 0 spiro atoms. The summed E-state index contributed by atoms with van der Waals surface area (Å²) >= 11 is 0. The monoisotopic (exact) mass is 541 g/mol. The van der Waals surface area contributed by atoms with Crippen LogP contribution in [-0.2, 0) is 9.53 Å². The van der Waals surface area contributed by atoms with Crippen molar-refractivity contribution in [3.05, 3.63) is 65.9 Å². The molecule has 2 aliphatic heterocycles. The number of alkyl halides is 3. The number of amides is 1. The van der Waals surface area contributed by atoms with Gasteiger partial charge in [0.15, 0.2) is 6.10 Å². The van der Waals surface area contributed by atoms with Gasteiger partial charge >= 0.3 is 6.18 Å². The van der Waals surface area contributed by atoms with Crippen LogP contribution in [0.5, 0.6) is 0 Å². The average molecular weight is 542 g/mol. The van der Waals surface area contributed by atoms with Crippen LogP contribution in [0.1, 0.15) is 24.6 Å². The lowest BCUT2D eigenvalue weighted by molar-refractivity contribution is -0.221. The molecule has 14 heteroatoms. The van der Waals surface area contributed by atoms with E-state index in [1.54, 1.807) is 48.6 Å². The summed E-state index contributed by atoms with van der Waals surface area (Å²) in [5.41, 5.74) is 2.22. The summed E-state index contributed by atoms with van der Waals surface area (Å²) in [5.74, 6) is 0.183. The zero-order chi connectivity index (χ0) is 27.7. The minimum absolute atomic E-state index is 0.0226. The van der Waals surface area contributed by atoms with Crippen molar-refractivity contribution in [1.82, 2.24) is 35.9 Å². The summed E-state index contributed by atoms with van der Waals surface area (Å²) in [4.78, 5) is 31.1. The number of morpholine rings is 1. The molecular weight excluding hydrogens is 515 g/mol. The third kappa shape index (κ3) is 5.27. The van der Waals surface area contributed by atoms with E-state index in [4.69, 9.17) is 10.1 Å². The van der Waals surface area contributed by atoms with Crippen LogP contribution in [0.4, 0.5) is 18.9 Å². The predicted octanol–water partition coefficient (Wildman–Crippen LogP) is 2.39. The maximum absolute atomic E-state index is 13.3. The standard InChI is InChI=1S/C25H26F3N9O2/c1-13(22-31-6-3-7-32-22)33-21-19(24(38)36-17(11-30-2)20(21)29)23-34-15-5-4-14(10-16(15)35-23)37-8-9-39-18(12-37)25(26,27)28/h3-7,10-11,13,18,29-30,33H,8-9,12H2,1-2H3,(H,34,35)(H,36,38)/b17-11+,29-20?. The number of hydrogen-bond donors (Lipinski definition) is 5. The highest BCUT2D eigenvalue weighted by atomic mass is 19.4. The van der Waals surface area contributed by atoms with Crippen molar-refractivity contribution >= 4 is 33.9 Å². The topological polar surface area (TPSA) is 144 Å². The molecule has 1 aromatic carbocycles. The van der Waals surface area contributed by atoms with Gasteiger partial charge in [-0.2, -0.15) is 13.2 Å². The van der Waals surface area contributed by atoms with Crippen molar-refractivity contribution in [2.45, 2.75) is 25.2 Å². The van der Waals surface area contributed by atoms with E-state index in [0.29, 0.717) is 29.1 Å². The molecule has 3 aromatic rings. The summed E-state index contributed by atoms with van der Waals surface area (Å²) < 4.78 is 44.6. The number of halogens is 3. The van der Waals surface area contributed by atoms with Gasteiger partial charge in [-0.15, -0.1) is 0 Å². The molecule has 39 heavy (non-hydrogen) atoms. The number of H-pyrrole nitrogens is 1. The number of aromatic nitrogens is 4. The van der Waals surface area contributed by atoms with Crippen LogP contribution in [0.15, 0.2) is 54.3 Å². The largest absolute Gasteiger partial charge is 0.416 e. The molecule has 0 saturated carbocycles. The summed E-state index contributed by atoms with van der Waals surface area (Å²) in [6, 6.07) is 6.29. The second kappa shape index (κ2) is 10.4. The number of benzene rings is 1. The van der Waals surface area contributed by atoms with E-state index in [1.165, 1.54) is 6.20 Å². The van der Waals surface area contributed by atoms with E-state index < -0.39 is 24.2 Å². The zero-order valence-corrected chi connectivity index (χ0v) is 21.1. The Morgan fingerprint density at radius 1 is 1.28 bits per heavy atom. The Morgan fingerprint density at radius 2 is 2.05 bits per heavy atom. The van der Waals surface area contributed by atoms with Gasteiger partial charge in [0, 0.05) is 37.9 Å². The van der Waals surface area contributed by atoms with Crippen molar-refractivity contribution in [2.24, 2.45) is 0 Å². The van der Waals surface area contributed by atoms with E-state index in [-0.39, 0.29) is 41.7 Å². The molecule has 1 saturated heterocycles. The fourth-order valence-electron chi connectivity index (χ4n) is 4.45. The molecule has 2 atom stereocenters. The van der Waals surface area contributed by atoms with Gasteiger partial charge in [-0.1, -0.05) is 0 Å². The number of nitrogens with one attached hydrogen (secondary N) is 5. The van der Waals surface area contributed by atoms with Gasteiger partial charge < -0.3 is 30.6 Å². The van der Waals surface area contributed by atoms with Crippen molar-refractivity contribution in [2.75, 3.05) is 31.6 Å². The van der Waals surface area contributed by atoms with Gasteiger partial charge in [0.2, 0.25) is 0 Å². The van der Waals surface area contributed by atoms with Crippen LogP contribution in [-0.4, -0.2) is 70.6 Å². The first-order valence-electron chi connectivity index (χ1n) is 12.1. The van der Waals surface area contributed by atoms with Crippen LogP contribution in [0.3, 0.4) is 0 Å². The minimum atomic E-state index is -4.46. The van der Waals surface area contributed by atoms with Crippen LogP contribution in [0.25, 0.3) is 16.6 Å². The number of fused-ring (bicyclic) bond motifs is 1. The van der Waals surface area contributed by atoms with Crippen molar-refractivity contribution in [1.29, 1.82) is 5.41 Å². The molecule has 0 radical (unpaired) electrons. The van der Waals surface area contributed by atoms with E-state index in [9.17, 15) is 18.0 Å². The Bertz CT molecular complexity index is 1470. The fourth-order valence-corrected chi connectivity index (χ4v) is 4.45. The molecule has 0 bridgehead atoms. The van der Waals surface area contributed by atoms with E-state index >= 15 is 0 Å². The molecule has 11 nitrogen and oxygen atoms in total. The number of carbonyl (C=O) groups excluding carboxylic acids is 1. The minimum Gasteiger partial charge on any atom is -0.392 e. The molecule has 2 aliphatic rings. The SMILES string of the molecule is CN/C=C1/NC(=O)C(c2nc3ccc(N4CCOC(C(F)(F)F)C4)cc3[nH]2)=C(NC(C)c2ncccn2)C1=N. The molecule has 2 unspecified atom stereocenters. The number of nitrogens with zero attached hydrogens (tertiary/aromatic N) is 4. The number of carbonyl (C=O) groups is 1. The highest BCUT2D eigenvalue weighted by Gasteiger charge is 2.43. The number of ether oxygens (including phenoxy) is 1. The summed E-state index contributed by atoms with van der Waals surface area (Å²) in [7, 11) is 1.65. The number of aromatic amines is 1. The first kappa shape index (κ1) is 26.2. The lowest BCUT2D eigenvalue weighted by atomic mass is 10.0. The van der Waals surface area contributed by atoms with Gasteiger partial charge in [0.25, 0.3) is 5.91 Å². The van der Waals surface area contributed by atoms with Crippen molar-refractivity contribution in [3.8, 4) is 0 Å². The van der Waals surface area contributed by atoms with E-state index in [0.717, 1.165) is 0 Å². The smallest absolute Gasteiger partial charge is 0.392 e. The molecule has 1 amide bonds. The Kier molecular flexibility index (Phi) is 6.95. The molecule has 204 valence electrons. The maximum atomic E-state index is 13.3. The molecule has 2 aromatic heterocycles. The average Bonchev–Trinajstić information content (AvgIpc) is 3.34. The summed E-state index contributed by atoms with van der Waals surface area (Å²) in [6.07, 6.45) is -1.62. The van der Waals surface area contributed by atoms with Gasteiger partial charge in [-0.25, -0.2) is 15.0 Å². The van der Waals surface area contributed by atoms with Crippen LogP contribution in [0, 0.1) is 5.41 Å². The van der Waals surface area contributed by atoms with Gasteiger partial charge in [-0.05, 0) is 31.2 Å². The fraction of sp³-hybridized carbons (Fsp3) is 0.320. The van der Waals surface area contributed by atoms with Gasteiger partial charge in [0.1, 0.15) is 22.9 Å². The second-order valence-electron chi connectivity index (χ2n) is 9.03. The maximum Gasteiger partial charge on any atom is 0.416 e. The third-order valence-corrected chi connectivity index (χ3v) is 6.37. The Hall–Kier alpha value is -4.46. The third-order valence-electron chi connectivity index (χ3n) is 6.37. The molecule has 1 fully saturated rings. The van der Waals surface area contributed by atoms with E-state index in [1.807, 2.05) is 6.92 Å². The van der Waals surface area contributed by atoms with Crippen LogP contribution >= 0.6 is 0 Å². The quantitative estimate of drug-likeness (QED) is 0.320. The molecular formula is C25H26F3N9O2. The van der Waals surface area contributed by atoms with Crippen LogP contribution < -0.4 is 20.9 Å². The van der Waals surface area contributed by atoms with Gasteiger partial charge in [0.05, 0.1) is 41.6 Å². The lowest BCUT2D eigenvalue weighted by Crippen LogP contribution is -2.49. The number of rotatable bonds is 6. The number of imidazole rings is 1. The van der Waals surface area contributed by atoms with Crippen molar-refractivity contribution in [3.63, 3.8) is 0 Å². The highest BCUT2D eigenvalue weighted by molar-refractivity contribution is 6.33. The number of anilines is 1. The zero-order valence-electron chi connectivity index (χ0n) is 21.1. The lowest BCUT2D eigenvalue weighted by Gasteiger charge is -2.35. The summed E-state index contributed by atoms with van der Waals surface area (Å²) in [5, 5.41) is 17.5. The Balaban J connectivity index is 1.52. The second-order valence-corrected chi connectivity index (χ2v) is 9.03. The first-order valence-corrected chi connectivity index (χ1v) is 12.1. The first-order chi connectivity index (χ1) is 18.7. The molecule has 4 heterocycles. The predicted molar refractivity (Wildman–Crippen MR) is 138 cm³/mol. The molecule has 5 N–H and O–H groups in total. The van der Waals surface area contributed by atoms with Crippen LogP contribution in [0.2, 0.25) is 0 Å². The molecule has 5 rings (SSSR count). The highest BCUT2D eigenvalue weighted by Crippen LogP contribution is 2.31. The van der Waals surface area contributed by atoms with Gasteiger partial charge in [-0.3, -0.25) is 10.2 Å². The van der Waals surface area contributed by atoms with E-state index in [2.05, 4.69) is 35.9 Å². The Labute approximate surface area is 221 Å². The normalized spacial score (nSPS) is 20.4. The summed E-state index contributed by atoms with van der Waals surface area (Å²) in [6.45, 7) is 1.74. The number of hydrogen-bond acceptors (Lipinski definition) is 9. The Morgan fingerprint density at radius 3 is 2.77 bits per heavy atom. The van der Waals surface area contributed by atoms with Crippen molar-refractivity contribution < 1.29 is 22.7 Å². The molecule has 0 aliphatic carbocycles.